The van der Waals surface area contributed by atoms with E-state index in [4.69, 9.17) is 4.74 Å². The molecule has 31 heavy (non-hydrogen) atoms. The normalized spacial score (nSPS) is 14.6. The molecule has 162 valence electrons. The van der Waals surface area contributed by atoms with Crippen LogP contribution in [0.5, 0.6) is 5.75 Å². The zero-order chi connectivity index (χ0) is 21.8. The summed E-state index contributed by atoms with van der Waals surface area (Å²) in [7, 11) is 0. The van der Waals surface area contributed by atoms with E-state index in [0.29, 0.717) is 6.61 Å². The number of benzene rings is 2. The number of piperazine rings is 1. The van der Waals surface area contributed by atoms with Gasteiger partial charge in [-0.3, -0.25) is 9.69 Å². The van der Waals surface area contributed by atoms with Crippen molar-refractivity contribution >= 4 is 17.2 Å². The van der Waals surface area contributed by atoms with Gasteiger partial charge in [0.05, 0.1) is 4.88 Å². The van der Waals surface area contributed by atoms with Gasteiger partial charge in [0.15, 0.2) is 0 Å². The lowest BCUT2D eigenvalue weighted by atomic mass is 10.1. The van der Waals surface area contributed by atoms with Crippen LogP contribution in [0, 0.1) is 20.8 Å². The molecular weight excluding hydrogens is 404 g/mol. The third-order valence-corrected chi connectivity index (χ3v) is 7.10. The molecule has 2 heterocycles. The van der Waals surface area contributed by atoms with E-state index >= 15 is 0 Å². The molecule has 0 aliphatic carbocycles. The average Bonchev–Trinajstić information content (AvgIpc) is 3.25. The van der Waals surface area contributed by atoms with Crippen molar-refractivity contribution in [2.45, 2.75) is 33.9 Å². The summed E-state index contributed by atoms with van der Waals surface area (Å²) in [6.07, 6.45) is 0. The minimum atomic E-state index is 0.138. The monoisotopic (exact) mass is 434 g/mol. The molecule has 0 atom stereocenters. The molecule has 3 aromatic rings. The number of amides is 1. The van der Waals surface area contributed by atoms with E-state index in [-0.39, 0.29) is 5.91 Å². The van der Waals surface area contributed by atoms with Crippen molar-refractivity contribution in [1.82, 2.24) is 9.80 Å². The number of nitrogens with zero attached hydrogens (tertiary/aromatic N) is 2. The number of aryl methyl sites for hydroxylation is 2. The van der Waals surface area contributed by atoms with Crippen LogP contribution in [0.25, 0.3) is 0 Å². The van der Waals surface area contributed by atoms with Crippen LogP contribution in [-0.4, -0.2) is 41.9 Å². The van der Waals surface area contributed by atoms with Crippen molar-refractivity contribution in [1.29, 1.82) is 0 Å². The molecule has 1 amide bonds. The fourth-order valence-corrected chi connectivity index (χ4v) is 4.76. The molecule has 0 bridgehead atoms. The standard InChI is InChI=1S/C26H30N2O2S/c1-19-8-6-10-24(21(19)3)30-17-22-15-25(31-18-22)26(29)28-13-11-27(12-14-28)16-23-9-5-4-7-20(23)2/h4-10,15,18H,11-14,16-17H2,1-3H3. The second-order valence-corrected chi connectivity index (χ2v) is 9.21. The van der Waals surface area contributed by atoms with Crippen LogP contribution in [-0.2, 0) is 13.2 Å². The Morgan fingerprint density at radius 3 is 2.48 bits per heavy atom. The second kappa shape index (κ2) is 9.67. The third kappa shape index (κ3) is 5.17. The molecule has 4 nitrogen and oxygen atoms in total. The van der Waals surface area contributed by atoms with Gasteiger partial charge in [-0.2, -0.15) is 0 Å². The fraction of sp³-hybridized carbons (Fsp3) is 0.346. The van der Waals surface area contributed by atoms with Crippen molar-refractivity contribution < 1.29 is 9.53 Å². The maximum atomic E-state index is 13.0. The Bertz CT molecular complexity index is 1050. The minimum absolute atomic E-state index is 0.138. The van der Waals surface area contributed by atoms with Crippen LogP contribution in [0.2, 0.25) is 0 Å². The molecule has 0 unspecified atom stereocenters. The van der Waals surface area contributed by atoms with E-state index in [0.717, 1.165) is 54.5 Å². The molecule has 1 fully saturated rings. The Balaban J connectivity index is 1.30. The van der Waals surface area contributed by atoms with E-state index in [1.165, 1.54) is 28.0 Å². The fourth-order valence-electron chi connectivity index (χ4n) is 3.90. The zero-order valence-electron chi connectivity index (χ0n) is 18.6. The Labute approximate surface area is 189 Å². The lowest BCUT2D eigenvalue weighted by molar-refractivity contribution is 0.0633. The van der Waals surface area contributed by atoms with Crippen molar-refractivity contribution in [3.8, 4) is 5.75 Å². The summed E-state index contributed by atoms with van der Waals surface area (Å²) < 4.78 is 6.00. The number of carbonyl (C=O) groups is 1. The first-order chi connectivity index (χ1) is 15.0. The highest BCUT2D eigenvalue weighted by molar-refractivity contribution is 7.12. The SMILES string of the molecule is Cc1ccccc1CN1CCN(C(=O)c2cc(COc3cccc(C)c3C)cs2)CC1. The van der Waals surface area contributed by atoms with Gasteiger partial charge < -0.3 is 9.64 Å². The van der Waals surface area contributed by atoms with E-state index in [1.807, 2.05) is 28.5 Å². The number of hydrogen-bond donors (Lipinski definition) is 0. The van der Waals surface area contributed by atoms with Crippen LogP contribution in [0.15, 0.2) is 53.9 Å². The van der Waals surface area contributed by atoms with E-state index in [2.05, 4.69) is 56.0 Å². The first kappa shape index (κ1) is 21.6. The molecule has 0 N–H and O–H groups in total. The molecule has 0 radical (unpaired) electrons. The van der Waals surface area contributed by atoms with Gasteiger partial charge >= 0.3 is 0 Å². The predicted octanol–water partition coefficient (Wildman–Crippen LogP) is 5.21. The molecule has 0 saturated carbocycles. The third-order valence-electron chi connectivity index (χ3n) is 6.13. The molecule has 1 saturated heterocycles. The Hall–Kier alpha value is -2.63. The molecule has 0 spiro atoms. The van der Waals surface area contributed by atoms with Gasteiger partial charge in [-0.15, -0.1) is 11.3 Å². The summed E-state index contributed by atoms with van der Waals surface area (Å²) in [4.78, 5) is 18.2. The average molecular weight is 435 g/mol. The highest BCUT2D eigenvalue weighted by atomic mass is 32.1. The van der Waals surface area contributed by atoms with Crippen molar-refractivity contribution in [3.05, 3.63) is 86.6 Å². The molecule has 4 rings (SSSR count). The number of ether oxygens (including phenoxy) is 1. The summed E-state index contributed by atoms with van der Waals surface area (Å²) in [5, 5.41) is 2.03. The predicted molar refractivity (Wildman–Crippen MR) is 127 cm³/mol. The topological polar surface area (TPSA) is 32.8 Å². The Morgan fingerprint density at radius 2 is 1.71 bits per heavy atom. The van der Waals surface area contributed by atoms with Crippen molar-refractivity contribution in [3.63, 3.8) is 0 Å². The van der Waals surface area contributed by atoms with Gasteiger partial charge in [0.1, 0.15) is 12.4 Å². The zero-order valence-corrected chi connectivity index (χ0v) is 19.4. The first-order valence-corrected chi connectivity index (χ1v) is 11.7. The number of rotatable bonds is 6. The van der Waals surface area contributed by atoms with Gasteiger partial charge in [0.2, 0.25) is 0 Å². The molecule has 5 heteroatoms. The lowest BCUT2D eigenvalue weighted by Gasteiger charge is -2.34. The van der Waals surface area contributed by atoms with Crippen LogP contribution in [0.1, 0.15) is 37.5 Å². The number of hydrogen-bond acceptors (Lipinski definition) is 4. The molecular formula is C26H30N2O2S. The largest absolute Gasteiger partial charge is 0.489 e. The van der Waals surface area contributed by atoms with Crippen LogP contribution >= 0.6 is 11.3 Å². The first-order valence-electron chi connectivity index (χ1n) is 10.8. The highest BCUT2D eigenvalue weighted by Crippen LogP contribution is 2.24. The van der Waals surface area contributed by atoms with Crippen LogP contribution in [0.3, 0.4) is 0 Å². The van der Waals surface area contributed by atoms with E-state index in [1.54, 1.807) is 0 Å². The second-order valence-electron chi connectivity index (χ2n) is 8.30. The molecule has 2 aromatic carbocycles. The van der Waals surface area contributed by atoms with Crippen molar-refractivity contribution in [2.24, 2.45) is 0 Å². The lowest BCUT2D eigenvalue weighted by Crippen LogP contribution is -2.48. The van der Waals surface area contributed by atoms with Gasteiger partial charge in [-0.05, 0) is 60.5 Å². The van der Waals surface area contributed by atoms with Gasteiger partial charge in [-0.1, -0.05) is 36.4 Å². The van der Waals surface area contributed by atoms with Gasteiger partial charge in [-0.25, -0.2) is 0 Å². The summed E-state index contributed by atoms with van der Waals surface area (Å²) >= 11 is 1.51. The summed E-state index contributed by atoms with van der Waals surface area (Å²) in [5.41, 5.74) is 6.13. The van der Waals surface area contributed by atoms with Gasteiger partial charge in [0, 0.05) is 38.3 Å². The smallest absolute Gasteiger partial charge is 0.264 e. The number of thiophene rings is 1. The van der Waals surface area contributed by atoms with E-state index < -0.39 is 0 Å². The maximum absolute atomic E-state index is 13.0. The Morgan fingerprint density at radius 1 is 0.968 bits per heavy atom. The van der Waals surface area contributed by atoms with Crippen molar-refractivity contribution in [2.75, 3.05) is 26.2 Å². The van der Waals surface area contributed by atoms with Crippen LogP contribution in [0.4, 0.5) is 0 Å². The molecule has 1 aliphatic rings. The molecule has 1 aromatic heterocycles. The summed E-state index contributed by atoms with van der Waals surface area (Å²) in [6.45, 7) is 11.1. The number of carbonyl (C=O) groups excluding carboxylic acids is 1. The van der Waals surface area contributed by atoms with Crippen LogP contribution < -0.4 is 4.74 Å². The Kier molecular flexibility index (Phi) is 6.73. The minimum Gasteiger partial charge on any atom is -0.489 e. The molecule has 1 aliphatic heterocycles. The van der Waals surface area contributed by atoms with Gasteiger partial charge in [0.25, 0.3) is 5.91 Å². The quantitative estimate of drug-likeness (QED) is 0.534. The summed E-state index contributed by atoms with van der Waals surface area (Å²) in [6, 6.07) is 16.6. The highest BCUT2D eigenvalue weighted by Gasteiger charge is 2.23. The maximum Gasteiger partial charge on any atom is 0.264 e. The summed E-state index contributed by atoms with van der Waals surface area (Å²) in [5.74, 6) is 1.04. The van der Waals surface area contributed by atoms with E-state index in [9.17, 15) is 4.79 Å².